The number of aliphatic carboxylic acids is 1. The lowest BCUT2D eigenvalue weighted by atomic mass is 9.98. The molecule has 1 unspecified atom stereocenters. The molecule has 0 spiro atoms. The van der Waals surface area contributed by atoms with E-state index in [9.17, 15) is 28.4 Å². The maximum absolute atomic E-state index is 13.0. The van der Waals surface area contributed by atoms with Crippen molar-refractivity contribution in [2.75, 3.05) is 0 Å². The van der Waals surface area contributed by atoms with Crippen LogP contribution in [-0.2, 0) is 14.8 Å². The summed E-state index contributed by atoms with van der Waals surface area (Å²) in [6.45, 7) is 1.50. The molecule has 134 valence electrons. The first-order valence-electron chi connectivity index (χ1n) is 7.57. The maximum atomic E-state index is 13.0. The summed E-state index contributed by atoms with van der Waals surface area (Å²) in [7, 11) is -4.23. The van der Waals surface area contributed by atoms with Crippen molar-refractivity contribution in [3.8, 4) is 0 Å². The van der Waals surface area contributed by atoms with Gasteiger partial charge >= 0.3 is 5.97 Å². The first kappa shape index (κ1) is 17.6. The summed E-state index contributed by atoms with van der Waals surface area (Å²) in [5.74, 6) is -1.87. The van der Waals surface area contributed by atoms with E-state index < -0.39 is 37.4 Å². The normalized spacial score (nSPS) is 12.8. The molecule has 1 N–H and O–H groups in total. The number of aromatic nitrogens is 1. The van der Waals surface area contributed by atoms with Crippen LogP contribution in [0.1, 0.15) is 18.4 Å². The van der Waals surface area contributed by atoms with Gasteiger partial charge in [-0.05, 0) is 30.7 Å². The van der Waals surface area contributed by atoms with Crippen molar-refractivity contribution in [1.29, 1.82) is 0 Å². The van der Waals surface area contributed by atoms with Crippen molar-refractivity contribution in [2.45, 2.75) is 17.7 Å². The summed E-state index contributed by atoms with van der Waals surface area (Å²) in [5.41, 5.74) is 0.199. The molecule has 8 nitrogen and oxygen atoms in total. The molecule has 1 aromatic heterocycles. The number of rotatable bonds is 5. The fourth-order valence-corrected chi connectivity index (χ4v) is 4.33. The van der Waals surface area contributed by atoms with E-state index in [1.807, 2.05) is 0 Å². The van der Waals surface area contributed by atoms with E-state index in [2.05, 4.69) is 0 Å². The zero-order valence-corrected chi connectivity index (χ0v) is 14.4. The molecule has 26 heavy (non-hydrogen) atoms. The van der Waals surface area contributed by atoms with Crippen molar-refractivity contribution in [1.82, 2.24) is 3.97 Å². The van der Waals surface area contributed by atoms with Gasteiger partial charge in [-0.3, -0.25) is 14.9 Å². The number of fused-ring (bicyclic) bond motifs is 1. The quantitative estimate of drug-likeness (QED) is 0.541. The number of nitro groups is 1. The number of nitrogens with zero attached hydrogens (tertiary/aromatic N) is 2. The zero-order valence-electron chi connectivity index (χ0n) is 13.6. The second-order valence-corrected chi connectivity index (χ2v) is 7.46. The van der Waals surface area contributed by atoms with Crippen LogP contribution < -0.4 is 0 Å². The number of hydrogen-bond donors (Lipinski definition) is 1. The zero-order chi connectivity index (χ0) is 19.1. The molecule has 3 aromatic rings. The number of nitro benzene ring substituents is 1. The van der Waals surface area contributed by atoms with Gasteiger partial charge in [0, 0.05) is 17.6 Å². The molecule has 1 heterocycles. The van der Waals surface area contributed by atoms with Crippen molar-refractivity contribution < 1.29 is 23.2 Å². The van der Waals surface area contributed by atoms with Gasteiger partial charge in [-0.2, -0.15) is 0 Å². The molecule has 0 bridgehead atoms. The van der Waals surface area contributed by atoms with Crippen LogP contribution in [0.4, 0.5) is 5.69 Å². The highest BCUT2D eigenvalue weighted by molar-refractivity contribution is 7.90. The molecule has 1 atom stereocenters. The average molecular weight is 374 g/mol. The van der Waals surface area contributed by atoms with Crippen molar-refractivity contribution in [2.24, 2.45) is 0 Å². The van der Waals surface area contributed by atoms with Gasteiger partial charge in [0.15, 0.2) is 4.90 Å². The highest BCUT2D eigenvalue weighted by atomic mass is 32.2. The minimum Gasteiger partial charge on any atom is -0.481 e. The van der Waals surface area contributed by atoms with E-state index >= 15 is 0 Å². The standard InChI is InChI=1S/C17H14N2O6S/c1-11(17(20)21)12-5-4-7-14-13(12)9-10-18(14)26(24,25)16-8-3-2-6-15(16)19(22)23/h2-11H,1H3,(H,20,21). The summed E-state index contributed by atoms with van der Waals surface area (Å²) < 4.78 is 26.9. The Morgan fingerprint density at radius 1 is 1.15 bits per heavy atom. The summed E-state index contributed by atoms with van der Waals surface area (Å²) in [4.78, 5) is 21.3. The molecule has 0 aliphatic rings. The van der Waals surface area contributed by atoms with Crippen LogP contribution in [-0.4, -0.2) is 28.4 Å². The van der Waals surface area contributed by atoms with Gasteiger partial charge in [0.05, 0.1) is 16.4 Å². The molecule has 2 aromatic carbocycles. The molecule has 0 fully saturated rings. The molecule has 0 aliphatic carbocycles. The van der Waals surface area contributed by atoms with E-state index in [0.717, 1.165) is 10.0 Å². The molecule has 0 saturated carbocycles. The molecule has 3 rings (SSSR count). The molecule has 0 amide bonds. The fraction of sp³-hybridized carbons (Fsp3) is 0.118. The Kier molecular flexibility index (Phi) is 4.25. The summed E-state index contributed by atoms with van der Waals surface area (Å²) >= 11 is 0. The van der Waals surface area contributed by atoms with Gasteiger partial charge in [-0.15, -0.1) is 0 Å². The third-order valence-electron chi connectivity index (χ3n) is 4.17. The Hall–Kier alpha value is -3.20. The van der Waals surface area contributed by atoms with Gasteiger partial charge < -0.3 is 5.11 Å². The minimum atomic E-state index is -4.23. The lowest BCUT2D eigenvalue weighted by Crippen LogP contribution is -2.14. The van der Waals surface area contributed by atoms with Crippen LogP contribution in [0.2, 0.25) is 0 Å². The molecular formula is C17H14N2O6S. The first-order valence-corrected chi connectivity index (χ1v) is 9.01. The van der Waals surface area contributed by atoms with E-state index in [-0.39, 0.29) is 5.52 Å². The van der Waals surface area contributed by atoms with Crippen LogP contribution >= 0.6 is 0 Å². The topological polar surface area (TPSA) is 120 Å². The number of carbonyl (C=O) groups is 1. The predicted octanol–water partition coefficient (Wildman–Crippen LogP) is 2.97. The van der Waals surface area contributed by atoms with Crippen LogP contribution in [0.3, 0.4) is 0 Å². The lowest BCUT2D eigenvalue weighted by Gasteiger charge is -2.11. The fourth-order valence-electron chi connectivity index (χ4n) is 2.82. The highest BCUT2D eigenvalue weighted by Gasteiger charge is 2.28. The van der Waals surface area contributed by atoms with Gasteiger partial charge in [0.25, 0.3) is 15.7 Å². The van der Waals surface area contributed by atoms with Crippen LogP contribution in [0.25, 0.3) is 10.9 Å². The minimum absolute atomic E-state index is 0.258. The third kappa shape index (κ3) is 2.72. The molecule has 0 saturated heterocycles. The summed E-state index contributed by atoms with van der Waals surface area (Å²) in [5, 5.41) is 20.9. The molecule has 9 heteroatoms. The van der Waals surface area contributed by atoms with Crippen LogP contribution in [0, 0.1) is 10.1 Å². The Labute approximate surface area is 148 Å². The average Bonchev–Trinajstić information content (AvgIpc) is 3.05. The first-order chi connectivity index (χ1) is 12.2. The van der Waals surface area contributed by atoms with E-state index in [1.165, 1.54) is 43.5 Å². The molecule has 0 aliphatic heterocycles. The third-order valence-corrected chi connectivity index (χ3v) is 5.90. The Balaban J connectivity index is 2.26. The van der Waals surface area contributed by atoms with Gasteiger partial charge in [0.2, 0.25) is 0 Å². The summed E-state index contributed by atoms with van der Waals surface area (Å²) in [6, 6.07) is 11.3. The number of hydrogen-bond acceptors (Lipinski definition) is 5. The van der Waals surface area contributed by atoms with Gasteiger partial charge in [-0.1, -0.05) is 24.3 Å². The predicted molar refractivity (Wildman–Crippen MR) is 93.7 cm³/mol. The molecule has 0 radical (unpaired) electrons. The molecular weight excluding hydrogens is 360 g/mol. The van der Waals surface area contributed by atoms with Crippen LogP contribution in [0.5, 0.6) is 0 Å². The van der Waals surface area contributed by atoms with E-state index in [1.54, 1.807) is 12.1 Å². The largest absolute Gasteiger partial charge is 0.481 e. The monoisotopic (exact) mass is 374 g/mol. The van der Waals surface area contributed by atoms with E-state index in [0.29, 0.717) is 10.9 Å². The number of carboxylic acid groups (broad SMARTS) is 1. The second kappa shape index (κ2) is 6.26. The van der Waals surface area contributed by atoms with Crippen molar-refractivity contribution in [3.05, 3.63) is 70.4 Å². The smallest absolute Gasteiger partial charge is 0.310 e. The Morgan fingerprint density at radius 2 is 1.85 bits per heavy atom. The van der Waals surface area contributed by atoms with Crippen molar-refractivity contribution in [3.63, 3.8) is 0 Å². The van der Waals surface area contributed by atoms with Crippen molar-refractivity contribution >= 4 is 32.6 Å². The Morgan fingerprint density at radius 3 is 2.50 bits per heavy atom. The highest BCUT2D eigenvalue weighted by Crippen LogP contribution is 2.31. The number of para-hydroxylation sites is 1. The summed E-state index contributed by atoms with van der Waals surface area (Å²) in [6.07, 6.45) is 1.27. The SMILES string of the molecule is CC(C(=O)O)c1cccc2c1ccn2S(=O)(=O)c1ccccc1[N+](=O)[O-]. The number of benzene rings is 2. The number of carboxylic acids is 1. The maximum Gasteiger partial charge on any atom is 0.310 e. The van der Waals surface area contributed by atoms with E-state index in [4.69, 9.17) is 0 Å². The second-order valence-electron chi connectivity index (χ2n) is 5.68. The Bertz CT molecular complexity index is 1130. The lowest BCUT2D eigenvalue weighted by molar-refractivity contribution is -0.387. The van der Waals surface area contributed by atoms with Gasteiger partial charge in [0.1, 0.15) is 0 Å². The van der Waals surface area contributed by atoms with Gasteiger partial charge in [-0.25, -0.2) is 12.4 Å². The van der Waals surface area contributed by atoms with Crippen LogP contribution in [0.15, 0.2) is 59.6 Å².